The van der Waals surface area contributed by atoms with Crippen LogP contribution >= 0.6 is 0 Å². The third kappa shape index (κ3) is 5.59. The van der Waals surface area contributed by atoms with Crippen LogP contribution in [0.4, 0.5) is 11.9 Å². The van der Waals surface area contributed by atoms with Crippen molar-refractivity contribution in [1.82, 2.24) is 19.7 Å². The lowest BCUT2D eigenvalue weighted by Crippen LogP contribution is -2.24. The highest BCUT2D eigenvalue weighted by atomic mass is 32.2. The Hall–Kier alpha value is -1.68. The summed E-state index contributed by atoms with van der Waals surface area (Å²) in [4.78, 5) is 11.5. The molecular weight excluding hydrogens is 260 g/mol. The predicted octanol–water partition coefficient (Wildman–Crippen LogP) is -1.19. The van der Waals surface area contributed by atoms with Gasteiger partial charge in [0.15, 0.2) is 0 Å². The van der Waals surface area contributed by atoms with Gasteiger partial charge in [0.2, 0.25) is 21.9 Å². The van der Waals surface area contributed by atoms with E-state index in [9.17, 15) is 8.42 Å². The number of nitrogens with zero attached hydrogens (tertiary/aromatic N) is 3. The van der Waals surface area contributed by atoms with E-state index in [2.05, 4.69) is 25.0 Å². The van der Waals surface area contributed by atoms with Crippen LogP contribution in [0.15, 0.2) is 0 Å². The van der Waals surface area contributed by atoms with Gasteiger partial charge in [0.25, 0.3) is 0 Å². The number of anilines is 2. The molecule has 0 saturated heterocycles. The standard InChI is InChI=1S/C8H16N6O3S/c1-17-8-13-6(9)12-7(14-8)10-4-3-5-11-18(2,15)16/h11H,3-5H2,1-2H3,(H3,9,10,12,13,14). The molecule has 0 amide bonds. The van der Waals surface area contributed by atoms with E-state index in [1.54, 1.807) is 0 Å². The third-order valence-electron chi connectivity index (χ3n) is 1.82. The summed E-state index contributed by atoms with van der Waals surface area (Å²) in [7, 11) is -1.72. The zero-order valence-corrected chi connectivity index (χ0v) is 11.0. The molecule has 0 atom stereocenters. The molecule has 0 aliphatic heterocycles. The highest BCUT2D eigenvalue weighted by molar-refractivity contribution is 7.88. The molecule has 1 heterocycles. The lowest BCUT2D eigenvalue weighted by Gasteiger charge is -2.06. The van der Waals surface area contributed by atoms with Crippen molar-refractivity contribution >= 4 is 21.9 Å². The summed E-state index contributed by atoms with van der Waals surface area (Å²) in [6.45, 7) is 0.832. The van der Waals surface area contributed by atoms with Gasteiger partial charge in [0.05, 0.1) is 13.4 Å². The number of methoxy groups -OCH3 is 1. The number of rotatable bonds is 7. The monoisotopic (exact) mass is 276 g/mol. The van der Waals surface area contributed by atoms with E-state index >= 15 is 0 Å². The minimum atomic E-state index is -3.15. The first-order valence-corrected chi connectivity index (χ1v) is 7.04. The first-order valence-electron chi connectivity index (χ1n) is 5.15. The summed E-state index contributed by atoms with van der Waals surface area (Å²) in [5.41, 5.74) is 5.45. The fourth-order valence-electron chi connectivity index (χ4n) is 1.09. The minimum Gasteiger partial charge on any atom is -0.467 e. The highest BCUT2D eigenvalue weighted by Gasteiger charge is 2.04. The molecule has 0 unspecified atom stereocenters. The predicted molar refractivity (Wildman–Crippen MR) is 66.7 cm³/mol. The second kappa shape index (κ2) is 6.31. The van der Waals surface area contributed by atoms with Gasteiger partial charge in [-0.2, -0.15) is 15.0 Å². The molecule has 0 aliphatic rings. The van der Waals surface area contributed by atoms with Crippen molar-refractivity contribution < 1.29 is 13.2 Å². The van der Waals surface area contributed by atoms with Crippen molar-refractivity contribution in [3.05, 3.63) is 0 Å². The maximum Gasteiger partial charge on any atom is 0.322 e. The molecule has 0 aliphatic carbocycles. The summed E-state index contributed by atoms with van der Waals surface area (Å²) in [5.74, 6) is 0.345. The molecule has 1 aromatic rings. The average Bonchev–Trinajstić information content (AvgIpc) is 2.26. The lowest BCUT2D eigenvalue weighted by molar-refractivity contribution is 0.379. The van der Waals surface area contributed by atoms with Gasteiger partial charge < -0.3 is 15.8 Å². The molecule has 102 valence electrons. The molecule has 9 nitrogen and oxygen atoms in total. The van der Waals surface area contributed by atoms with Crippen molar-refractivity contribution in [2.75, 3.05) is 37.5 Å². The third-order valence-corrected chi connectivity index (χ3v) is 2.54. The average molecular weight is 276 g/mol. The molecule has 10 heteroatoms. The summed E-state index contributed by atoms with van der Waals surface area (Å²) in [6.07, 6.45) is 1.69. The van der Waals surface area contributed by atoms with Crippen LogP contribution in [-0.2, 0) is 10.0 Å². The number of nitrogen functional groups attached to an aromatic ring is 1. The van der Waals surface area contributed by atoms with Crippen LogP contribution in [0.1, 0.15) is 6.42 Å². The second-order valence-corrected chi connectivity index (χ2v) is 5.28. The smallest absolute Gasteiger partial charge is 0.322 e. The van der Waals surface area contributed by atoms with E-state index in [0.29, 0.717) is 25.5 Å². The molecule has 1 rings (SSSR count). The summed E-state index contributed by atoms with van der Waals surface area (Å²) in [5, 5.41) is 2.89. The zero-order chi connectivity index (χ0) is 13.6. The molecule has 18 heavy (non-hydrogen) atoms. The van der Waals surface area contributed by atoms with Crippen LogP contribution < -0.4 is 20.5 Å². The van der Waals surface area contributed by atoms with Crippen LogP contribution in [-0.4, -0.2) is 49.8 Å². The second-order valence-electron chi connectivity index (χ2n) is 3.45. The number of nitrogens with two attached hydrogens (primary N) is 1. The topological polar surface area (TPSA) is 132 Å². The molecule has 0 aromatic carbocycles. The molecule has 4 N–H and O–H groups in total. The van der Waals surface area contributed by atoms with Gasteiger partial charge in [-0.25, -0.2) is 13.1 Å². The quantitative estimate of drug-likeness (QED) is 0.530. The SMILES string of the molecule is COc1nc(N)nc(NCCCNS(C)(=O)=O)n1. The van der Waals surface area contributed by atoms with Crippen LogP contribution in [0.25, 0.3) is 0 Å². The Morgan fingerprint density at radius 3 is 2.61 bits per heavy atom. The van der Waals surface area contributed by atoms with E-state index in [0.717, 1.165) is 6.26 Å². The first-order chi connectivity index (χ1) is 8.40. The Morgan fingerprint density at radius 2 is 2.00 bits per heavy atom. The van der Waals surface area contributed by atoms with Gasteiger partial charge in [0.1, 0.15) is 0 Å². The Labute approximate surface area is 105 Å². The summed E-state index contributed by atoms with van der Waals surface area (Å²) >= 11 is 0. The van der Waals surface area contributed by atoms with Crippen LogP contribution in [0, 0.1) is 0 Å². The molecule has 0 bridgehead atoms. The largest absolute Gasteiger partial charge is 0.467 e. The summed E-state index contributed by atoms with van der Waals surface area (Å²) < 4.78 is 28.8. The number of sulfonamides is 1. The number of ether oxygens (including phenoxy) is 1. The van der Waals surface area contributed by atoms with Crippen molar-refractivity contribution in [3.63, 3.8) is 0 Å². The van der Waals surface area contributed by atoms with Gasteiger partial charge in [-0.05, 0) is 6.42 Å². The number of hydrogen-bond donors (Lipinski definition) is 3. The molecule has 1 aromatic heterocycles. The molecule has 0 radical (unpaired) electrons. The molecule has 0 spiro atoms. The number of nitrogens with one attached hydrogen (secondary N) is 2. The Morgan fingerprint density at radius 1 is 1.28 bits per heavy atom. The van der Waals surface area contributed by atoms with Crippen LogP contribution in [0.5, 0.6) is 6.01 Å². The maximum absolute atomic E-state index is 10.8. The molecule has 0 saturated carbocycles. The van der Waals surface area contributed by atoms with Crippen molar-refractivity contribution in [3.8, 4) is 6.01 Å². The van der Waals surface area contributed by atoms with Crippen LogP contribution in [0.2, 0.25) is 0 Å². The van der Waals surface area contributed by atoms with Crippen LogP contribution in [0.3, 0.4) is 0 Å². The van der Waals surface area contributed by atoms with Crippen molar-refractivity contribution in [2.45, 2.75) is 6.42 Å². The normalized spacial score (nSPS) is 11.2. The minimum absolute atomic E-state index is 0.0543. The Balaban J connectivity index is 2.37. The van der Waals surface area contributed by atoms with E-state index in [-0.39, 0.29) is 12.0 Å². The van der Waals surface area contributed by atoms with Gasteiger partial charge >= 0.3 is 6.01 Å². The number of hydrogen-bond acceptors (Lipinski definition) is 8. The molecule has 0 fully saturated rings. The van der Waals surface area contributed by atoms with E-state index in [4.69, 9.17) is 10.5 Å². The van der Waals surface area contributed by atoms with Gasteiger partial charge in [-0.15, -0.1) is 0 Å². The van der Waals surface area contributed by atoms with E-state index in [1.807, 2.05) is 0 Å². The molecular formula is C8H16N6O3S. The van der Waals surface area contributed by atoms with E-state index in [1.165, 1.54) is 7.11 Å². The highest BCUT2D eigenvalue weighted by Crippen LogP contribution is 2.07. The maximum atomic E-state index is 10.8. The first kappa shape index (κ1) is 14.4. The Kier molecular flexibility index (Phi) is 5.04. The summed E-state index contributed by atoms with van der Waals surface area (Å²) in [6, 6.07) is 0.124. The lowest BCUT2D eigenvalue weighted by atomic mass is 10.4. The van der Waals surface area contributed by atoms with Gasteiger partial charge in [-0.1, -0.05) is 0 Å². The zero-order valence-electron chi connectivity index (χ0n) is 10.2. The fourth-order valence-corrected chi connectivity index (χ4v) is 1.60. The number of aromatic nitrogens is 3. The van der Waals surface area contributed by atoms with Crippen molar-refractivity contribution in [1.29, 1.82) is 0 Å². The van der Waals surface area contributed by atoms with Gasteiger partial charge in [0, 0.05) is 13.1 Å². The van der Waals surface area contributed by atoms with Gasteiger partial charge in [-0.3, -0.25) is 0 Å². The van der Waals surface area contributed by atoms with E-state index < -0.39 is 10.0 Å². The van der Waals surface area contributed by atoms with Crippen molar-refractivity contribution in [2.24, 2.45) is 0 Å². The fraction of sp³-hybridized carbons (Fsp3) is 0.625. The Bertz CT molecular complexity index is 492.